The molecular formula is C34H53N5O4S. The van der Waals surface area contributed by atoms with Gasteiger partial charge in [0, 0.05) is 47.4 Å². The number of benzene rings is 1. The largest absolute Gasteiger partial charge is 0.411 e. The van der Waals surface area contributed by atoms with Gasteiger partial charge in [0.15, 0.2) is 0 Å². The van der Waals surface area contributed by atoms with Gasteiger partial charge >= 0.3 is 0 Å². The molecule has 1 aromatic heterocycles. The van der Waals surface area contributed by atoms with Gasteiger partial charge in [0.25, 0.3) is 5.22 Å². The third-order valence-electron chi connectivity index (χ3n) is 8.59. The maximum Gasteiger partial charge on any atom is 0.276 e. The molecule has 9 nitrogen and oxygen atoms in total. The summed E-state index contributed by atoms with van der Waals surface area (Å²) in [7, 11) is 2.00. The molecule has 1 aromatic carbocycles. The van der Waals surface area contributed by atoms with Crippen LogP contribution in [-0.2, 0) is 9.53 Å². The number of thioether (sulfide) groups is 1. The van der Waals surface area contributed by atoms with Crippen LogP contribution in [0.3, 0.4) is 0 Å². The molecule has 0 bridgehead atoms. The number of ether oxygens (including phenoxy) is 1. The molecule has 1 amide bonds. The van der Waals surface area contributed by atoms with Gasteiger partial charge in [-0.05, 0) is 88.8 Å². The molecule has 2 aliphatic rings. The molecule has 0 radical (unpaired) electrons. The maximum atomic E-state index is 12.4. The van der Waals surface area contributed by atoms with Crippen LogP contribution in [0.15, 0.2) is 46.2 Å². The van der Waals surface area contributed by atoms with Crippen molar-refractivity contribution in [3.8, 4) is 11.5 Å². The Bertz CT molecular complexity index is 1170. The molecule has 44 heavy (non-hydrogen) atoms. The van der Waals surface area contributed by atoms with Gasteiger partial charge < -0.3 is 25.1 Å². The highest BCUT2D eigenvalue weighted by atomic mass is 32.2. The smallest absolute Gasteiger partial charge is 0.276 e. The van der Waals surface area contributed by atoms with Crippen LogP contribution in [0.5, 0.6) is 0 Å². The van der Waals surface area contributed by atoms with E-state index >= 15 is 0 Å². The fraction of sp³-hybridized carbons (Fsp3) is 0.647. The lowest BCUT2D eigenvalue weighted by Gasteiger charge is -2.58. The second-order valence-corrected chi connectivity index (χ2v) is 13.7. The monoisotopic (exact) mass is 627 g/mol. The predicted octanol–water partition coefficient (Wildman–Crippen LogP) is 6.41. The van der Waals surface area contributed by atoms with Crippen molar-refractivity contribution in [2.75, 3.05) is 33.1 Å². The minimum Gasteiger partial charge on any atom is -0.411 e. The van der Waals surface area contributed by atoms with Crippen LogP contribution < -0.4 is 16.0 Å². The number of hydrogen-bond donors (Lipinski definition) is 3. The van der Waals surface area contributed by atoms with Gasteiger partial charge in [-0.2, -0.15) is 0 Å². The first-order valence-corrected chi connectivity index (χ1v) is 17.3. The Morgan fingerprint density at radius 3 is 2.36 bits per heavy atom. The van der Waals surface area contributed by atoms with Gasteiger partial charge in [-0.3, -0.25) is 9.59 Å². The lowest BCUT2D eigenvalue weighted by Crippen LogP contribution is -2.61. The summed E-state index contributed by atoms with van der Waals surface area (Å²) in [6.07, 6.45) is 13.8. The van der Waals surface area contributed by atoms with Crippen molar-refractivity contribution in [3.63, 3.8) is 0 Å². The average molecular weight is 628 g/mol. The molecule has 1 spiro atoms. The molecule has 4 rings (SSSR count). The summed E-state index contributed by atoms with van der Waals surface area (Å²) in [5.41, 5.74) is 2.77. The summed E-state index contributed by atoms with van der Waals surface area (Å²) in [6.45, 7) is 13.1. The fourth-order valence-corrected chi connectivity index (χ4v) is 6.37. The van der Waals surface area contributed by atoms with E-state index in [2.05, 4.69) is 53.5 Å². The number of aromatic nitrogens is 2. The molecule has 3 N–H and O–H groups in total. The van der Waals surface area contributed by atoms with Crippen molar-refractivity contribution in [1.82, 2.24) is 26.1 Å². The van der Waals surface area contributed by atoms with E-state index in [1.807, 2.05) is 13.3 Å². The Morgan fingerprint density at radius 1 is 1.09 bits per heavy atom. The summed E-state index contributed by atoms with van der Waals surface area (Å²) >= 11 is 1.40. The lowest BCUT2D eigenvalue weighted by molar-refractivity contribution is -0.133. The second-order valence-electron chi connectivity index (χ2n) is 12.9. The van der Waals surface area contributed by atoms with E-state index in [-0.39, 0.29) is 11.3 Å². The molecule has 10 heteroatoms. The maximum absolute atomic E-state index is 12.4. The Balaban J connectivity index is 0.000000293. The van der Waals surface area contributed by atoms with Gasteiger partial charge in [0.05, 0.1) is 6.61 Å². The summed E-state index contributed by atoms with van der Waals surface area (Å²) in [4.78, 5) is 22.9. The fourth-order valence-electron chi connectivity index (χ4n) is 6.08. The number of aldehydes is 1. The first-order chi connectivity index (χ1) is 21.1. The predicted molar refractivity (Wildman–Crippen MR) is 178 cm³/mol. The SMILES string of the molecule is C=C(CCOCCCCCNC)NC1CC2(C1)CC(NC(=O)C(C)(C)CCC)C2.CSc1nnc(-c2ccc(C=O)cc2)o1. The molecule has 0 saturated heterocycles. The molecule has 2 aliphatic carbocycles. The average Bonchev–Trinajstić information content (AvgIpc) is 3.46. The van der Waals surface area contributed by atoms with Gasteiger partial charge in [0.1, 0.15) is 6.29 Å². The summed E-state index contributed by atoms with van der Waals surface area (Å²) < 4.78 is 11.1. The summed E-state index contributed by atoms with van der Waals surface area (Å²) in [5, 5.41) is 18.3. The highest BCUT2D eigenvalue weighted by molar-refractivity contribution is 7.98. The van der Waals surface area contributed by atoms with E-state index in [0.29, 0.717) is 34.2 Å². The summed E-state index contributed by atoms with van der Waals surface area (Å²) in [6, 6.07) is 7.92. The van der Waals surface area contributed by atoms with Crippen molar-refractivity contribution in [3.05, 3.63) is 42.1 Å². The van der Waals surface area contributed by atoms with Crippen LogP contribution in [0.25, 0.3) is 11.5 Å². The van der Waals surface area contributed by atoms with E-state index in [4.69, 9.17) is 9.15 Å². The third-order valence-corrected chi connectivity index (χ3v) is 9.10. The number of rotatable bonds is 18. The van der Waals surface area contributed by atoms with E-state index in [9.17, 15) is 9.59 Å². The van der Waals surface area contributed by atoms with Crippen LogP contribution >= 0.6 is 11.8 Å². The molecule has 0 atom stereocenters. The van der Waals surface area contributed by atoms with E-state index in [1.165, 1.54) is 37.4 Å². The highest BCUT2D eigenvalue weighted by Crippen LogP contribution is 2.56. The number of amides is 1. The Morgan fingerprint density at radius 2 is 1.77 bits per heavy atom. The van der Waals surface area contributed by atoms with Crippen molar-refractivity contribution in [1.29, 1.82) is 0 Å². The number of carbonyl (C=O) groups is 2. The Hall–Kier alpha value is -2.69. The number of nitrogens with zero attached hydrogens (tertiary/aromatic N) is 2. The minimum atomic E-state index is -0.242. The molecule has 0 aliphatic heterocycles. The first-order valence-electron chi connectivity index (χ1n) is 16.0. The normalized spacial score (nSPS) is 20.6. The zero-order valence-electron chi connectivity index (χ0n) is 27.4. The van der Waals surface area contributed by atoms with Crippen LogP contribution in [-0.4, -0.2) is 67.5 Å². The third kappa shape index (κ3) is 11.0. The molecule has 2 aromatic rings. The number of nitrogens with one attached hydrogen (secondary N) is 3. The lowest BCUT2D eigenvalue weighted by atomic mass is 9.52. The van der Waals surface area contributed by atoms with Gasteiger partial charge in [-0.25, -0.2) is 0 Å². The molecule has 2 fully saturated rings. The topological polar surface area (TPSA) is 118 Å². The Labute approximate surface area is 268 Å². The van der Waals surface area contributed by atoms with Crippen LogP contribution in [0.2, 0.25) is 0 Å². The zero-order chi connectivity index (χ0) is 32.0. The van der Waals surface area contributed by atoms with E-state index in [1.54, 1.807) is 24.3 Å². The van der Waals surface area contributed by atoms with Gasteiger partial charge in [-0.1, -0.05) is 57.7 Å². The van der Waals surface area contributed by atoms with Crippen molar-refractivity contribution < 1.29 is 18.7 Å². The minimum absolute atomic E-state index is 0.226. The number of hydrogen-bond acceptors (Lipinski definition) is 9. The molecule has 1 heterocycles. The summed E-state index contributed by atoms with van der Waals surface area (Å²) in [5.74, 6) is 0.695. The quantitative estimate of drug-likeness (QED) is 0.0979. The molecule has 244 valence electrons. The Kier molecular flexibility index (Phi) is 14.4. The van der Waals surface area contributed by atoms with Crippen LogP contribution in [0.1, 0.15) is 95.3 Å². The number of carbonyl (C=O) groups excluding carboxylic acids is 2. The van der Waals surface area contributed by atoms with Crippen molar-refractivity contribution >= 4 is 24.0 Å². The van der Waals surface area contributed by atoms with E-state index < -0.39 is 0 Å². The molecule has 2 saturated carbocycles. The standard InChI is InChI=1S/C24H45N3O2.C10H8N2O2S/c1-6-11-23(3,4)22(28)27-21-17-24(18-21)15-20(16-24)26-19(2)10-14-29-13-9-7-8-12-25-5;1-15-10-12-11-9(14-10)8-4-2-7(6-13)3-5-8/h20-21,25-26H,2,6-18H2,1,3-5H3,(H,27,28);2-6H,1H3. The number of unbranched alkanes of at least 4 members (excludes halogenated alkanes) is 2. The van der Waals surface area contributed by atoms with Gasteiger partial charge in [0.2, 0.25) is 11.8 Å². The highest BCUT2D eigenvalue weighted by Gasteiger charge is 2.53. The molecule has 0 unspecified atom stereocenters. The van der Waals surface area contributed by atoms with Crippen molar-refractivity contribution in [2.24, 2.45) is 10.8 Å². The zero-order valence-corrected chi connectivity index (χ0v) is 28.2. The van der Waals surface area contributed by atoms with E-state index in [0.717, 1.165) is 75.8 Å². The second kappa shape index (κ2) is 17.7. The van der Waals surface area contributed by atoms with Crippen LogP contribution in [0.4, 0.5) is 0 Å². The molecular weight excluding hydrogens is 574 g/mol. The van der Waals surface area contributed by atoms with Crippen LogP contribution in [0, 0.1) is 10.8 Å². The first kappa shape index (κ1) is 35.8. The van der Waals surface area contributed by atoms with Gasteiger partial charge in [-0.15, -0.1) is 10.2 Å². The van der Waals surface area contributed by atoms with Crippen molar-refractivity contribution in [2.45, 2.75) is 102 Å².